The number of ether oxygens (including phenoxy) is 1. The van der Waals surface area contributed by atoms with E-state index in [-0.39, 0.29) is 6.04 Å². The summed E-state index contributed by atoms with van der Waals surface area (Å²) in [6.45, 7) is 6.31. The van der Waals surface area contributed by atoms with E-state index in [2.05, 4.69) is 0 Å². The third kappa shape index (κ3) is 4.09. The first kappa shape index (κ1) is 14.6. The third-order valence-electron chi connectivity index (χ3n) is 2.90. The Kier molecular flexibility index (Phi) is 4.43. The molecule has 1 aliphatic rings. The number of nitrogens with zero attached hydrogens (tertiary/aromatic N) is 2. The molecule has 0 aromatic heterocycles. The van der Waals surface area contributed by atoms with Crippen molar-refractivity contribution in [3.05, 3.63) is 0 Å². The number of amides is 2. The van der Waals surface area contributed by atoms with Gasteiger partial charge in [-0.25, -0.2) is 9.59 Å². The SMILES string of the molecule is CN(C(=O)OC(C)(C)C)C1CCCN(C(=O)O)C1. The van der Waals surface area contributed by atoms with Crippen molar-refractivity contribution in [1.29, 1.82) is 0 Å². The first-order chi connectivity index (χ1) is 8.20. The standard InChI is InChI=1S/C12H22N2O4/c1-12(2,3)18-11(17)13(4)9-6-5-7-14(8-9)10(15)16/h9H,5-8H2,1-4H3,(H,15,16). The maximum Gasteiger partial charge on any atom is 0.410 e. The van der Waals surface area contributed by atoms with Crippen molar-refractivity contribution in [1.82, 2.24) is 9.80 Å². The van der Waals surface area contributed by atoms with Gasteiger partial charge in [-0.3, -0.25) is 0 Å². The molecule has 0 aromatic carbocycles. The lowest BCUT2D eigenvalue weighted by Crippen LogP contribution is -2.50. The largest absolute Gasteiger partial charge is 0.465 e. The smallest absolute Gasteiger partial charge is 0.410 e. The Labute approximate surface area is 107 Å². The molecule has 0 bridgehead atoms. The Bertz CT molecular complexity index is 325. The summed E-state index contributed by atoms with van der Waals surface area (Å²) in [4.78, 5) is 25.6. The summed E-state index contributed by atoms with van der Waals surface area (Å²) in [5.41, 5.74) is -0.535. The number of likely N-dealkylation sites (tertiary alicyclic amines) is 1. The summed E-state index contributed by atoms with van der Waals surface area (Å²) in [5.74, 6) is 0. The second kappa shape index (κ2) is 5.46. The van der Waals surface area contributed by atoms with Crippen molar-refractivity contribution in [3.8, 4) is 0 Å². The van der Waals surface area contributed by atoms with Crippen LogP contribution in [-0.4, -0.2) is 58.9 Å². The molecule has 0 spiro atoms. The Morgan fingerprint density at radius 3 is 2.50 bits per heavy atom. The van der Waals surface area contributed by atoms with E-state index in [9.17, 15) is 9.59 Å². The highest BCUT2D eigenvalue weighted by Crippen LogP contribution is 2.17. The normalized spacial score (nSPS) is 20.4. The summed E-state index contributed by atoms with van der Waals surface area (Å²) in [6, 6.07) is -0.107. The molecule has 1 aliphatic heterocycles. The van der Waals surface area contributed by atoms with Crippen LogP contribution in [-0.2, 0) is 4.74 Å². The predicted molar refractivity (Wildman–Crippen MR) is 66.6 cm³/mol. The first-order valence-corrected chi connectivity index (χ1v) is 6.14. The van der Waals surface area contributed by atoms with Gasteiger partial charge in [-0.1, -0.05) is 0 Å². The van der Waals surface area contributed by atoms with Crippen molar-refractivity contribution in [3.63, 3.8) is 0 Å². The lowest BCUT2D eigenvalue weighted by atomic mass is 10.1. The first-order valence-electron chi connectivity index (χ1n) is 6.14. The zero-order valence-electron chi connectivity index (χ0n) is 11.5. The fraction of sp³-hybridized carbons (Fsp3) is 0.833. The molecule has 1 saturated heterocycles. The maximum atomic E-state index is 11.9. The Morgan fingerprint density at radius 2 is 2.00 bits per heavy atom. The summed E-state index contributed by atoms with van der Waals surface area (Å²) in [5, 5.41) is 8.95. The summed E-state index contributed by atoms with van der Waals surface area (Å²) in [7, 11) is 1.66. The van der Waals surface area contributed by atoms with Gasteiger partial charge in [-0.15, -0.1) is 0 Å². The topological polar surface area (TPSA) is 70.1 Å². The molecule has 0 radical (unpaired) electrons. The van der Waals surface area contributed by atoms with Crippen LogP contribution in [0.25, 0.3) is 0 Å². The number of hydrogen-bond acceptors (Lipinski definition) is 3. The van der Waals surface area contributed by atoms with E-state index in [0.29, 0.717) is 13.1 Å². The highest BCUT2D eigenvalue weighted by atomic mass is 16.6. The van der Waals surface area contributed by atoms with Crippen molar-refractivity contribution < 1.29 is 19.4 Å². The van der Waals surface area contributed by atoms with Gasteiger partial charge in [0.05, 0.1) is 6.04 Å². The fourth-order valence-electron chi connectivity index (χ4n) is 1.93. The van der Waals surface area contributed by atoms with Gasteiger partial charge in [-0.05, 0) is 33.6 Å². The second-order valence-corrected chi connectivity index (χ2v) is 5.62. The van der Waals surface area contributed by atoms with Gasteiger partial charge in [-0.2, -0.15) is 0 Å². The lowest BCUT2D eigenvalue weighted by molar-refractivity contribution is 0.0139. The molecule has 1 fully saturated rings. The summed E-state index contributed by atoms with van der Waals surface area (Å²) >= 11 is 0. The number of carboxylic acid groups (broad SMARTS) is 1. The minimum Gasteiger partial charge on any atom is -0.465 e. The molecule has 0 aliphatic carbocycles. The molecule has 6 nitrogen and oxygen atoms in total. The molecule has 0 aromatic rings. The van der Waals surface area contributed by atoms with Gasteiger partial charge in [0.15, 0.2) is 0 Å². The molecule has 1 atom stereocenters. The van der Waals surface area contributed by atoms with Crippen molar-refractivity contribution in [2.45, 2.75) is 45.3 Å². The zero-order valence-corrected chi connectivity index (χ0v) is 11.5. The van der Waals surface area contributed by atoms with E-state index in [0.717, 1.165) is 12.8 Å². The zero-order chi connectivity index (χ0) is 13.9. The van der Waals surface area contributed by atoms with E-state index in [1.807, 2.05) is 20.8 Å². The van der Waals surface area contributed by atoms with Crippen LogP contribution in [0.3, 0.4) is 0 Å². The van der Waals surface area contributed by atoms with Gasteiger partial charge < -0.3 is 19.6 Å². The van der Waals surface area contributed by atoms with E-state index < -0.39 is 17.8 Å². The molecule has 1 heterocycles. The average Bonchev–Trinajstić information content (AvgIpc) is 2.26. The van der Waals surface area contributed by atoms with Crippen LogP contribution in [0.15, 0.2) is 0 Å². The molecule has 1 unspecified atom stereocenters. The number of hydrogen-bond donors (Lipinski definition) is 1. The van der Waals surface area contributed by atoms with Gasteiger partial charge in [0.2, 0.25) is 0 Å². The monoisotopic (exact) mass is 258 g/mol. The van der Waals surface area contributed by atoms with Crippen LogP contribution in [0.5, 0.6) is 0 Å². The molecule has 0 saturated carbocycles. The van der Waals surface area contributed by atoms with E-state index in [1.54, 1.807) is 7.05 Å². The Balaban J connectivity index is 2.58. The van der Waals surface area contributed by atoms with Gasteiger partial charge in [0, 0.05) is 20.1 Å². The predicted octanol–water partition coefficient (Wildman–Crippen LogP) is 2.00. The van der Waals surface area contributed by atoms with Gasteiger partial charge in [0.1, 0.15) is 5.60 Å². The quantitative estimate of drug-likeness (QED) is 0.781. The van der Waals surface area contributed by atoms with E-state index in [4.69, 9.17) is 9.84 Å². The summed E-state index contributed by atoms with van der Waals surface area (Å²) < 4.78 is 5.27. The fourth-order valence-corrected chi connectivity index (χ4v) is 1.93. The van der Waals surface area contributed by atoms with Crippen LogP contribution in [0.4, 0.5) is 9.59 Å². The van der Waals surface area contributed by atoms with E-state index in [1.165, 1.54) is 9.80 Å². The van der Waals surface area contributed by atoms with Crippen LogP contribution < -0.4 is 0 Å². The molecule has 1 rings (SSSR count). The third-order valence-corrected chi connectivity index (χ3v) is 2.90. The van der Waals surface area contributed by atoms with E-state index >= 15 is 0 Å². The van der Waals surface area contributed by atoms with Crippen LogP contribution in [0.1, 0.15) is 33.6 Å². The highest BCUT2D eigenvalue weighted by Gasteiger charge is 2.30. The molecule has 6 heteroatoms. The molecular formula is C12H22N2O4. The number of carbonyl (C=O) groups is 2. The van der Waals surface area contributed by atoms with Crippen LogP contribution in [0, 0.1) is 0 Å². The van der Waals surface area contributed by atoms with Crippen LogP contribution in [0.2, 0.25) is 0 Å². The summed E-state index contributed by atoms with van der Waals surface area (Å²) in [6.07, 6.45) is 0.237. The number of piperidine rings is 1. The Morgan fingerprint density at radius 1 is 1.39 bits per heavy atom. The second-order valence-electron chi connectivity index (χ2n) is 5.62. The molecule has 18 heavy (non-hydrogen) atoms. The maximum absolute atomic E-state index is 11.9. The average molecular weight is 258 g/mol. The Hall–Kier alpha value is -1.46. The van der Waals surface area contributed by atoms with Crippen molar-refractivity contribution >= 4 is 12.2 Å². The van der Waals surface area contributed by atoms with Gasteiger partial charge in [0.25, 0.3) is 0 Å². The number of likely N-dealkylation sites (N-methyl/N-ethyl adjacent to an activating group) is 1. The highest BCUT2D eigenvalue weighted by molar-refractivity contribution is 5.69. The molecule has 2 amide bonds. The lowest BCUT2D eigenvalue weighted by Gasteiger charge is -2.36. The van der Waals surface area contributed by atoms with Crippen molar-refractivity contribution in [2.75, 3.05) is 20.1 Å². The number of rotatable bonds is 1. The molecular weight excluding hydrogens is 236 g/mol. The minimum atomic E-state index is -0.933. The minimum absolute atomic E-state index is 0.107. The van der Waals surface area contributed by atoms with Crippen molar-refractivity contribution in [2.24, 2.45) is 0 Å². The number of carbonyl (C=O) groups excluding carboxylic acids is 1. The molecule has 1 N–H and O–H groups in total. The van der Waals surface area contributed by atoms with Gasteiger partial charge >= 0.3 is 12.2 Å². The van der Waals surface area contributed by atoms with Crippen LogP contribution >= 0.6 is 0 Å². The molecule has 104 valence electrons.